The maximum atomic E-state index is 3.57. The maximum absolute atomic E-state index is 3.57. The van der Waals surface area contributed by atoms with Gasteiger partial charge in [-0.25, -0.2) is 0 Å². The van der Waals surface area contributed by atoms with Crippen LogP contribution >= 0.6 is 0 Å². The Bertz CT molecular complexity index is 659. The molecule has 2 nitrogen and oxygen atoms in total. The number of unbranched alkanes of at least 4 members (excludes halogenated alkanes) is 3. The highest BCUT2D eigenvalue weighted by Gasteiger charge is 2.03. The van der Waals surface area contributed by atoms with Crippen LogP contribution < -0.4 is 5.32 Å². The normalized spacial score (nSPS) is 11.1. The Labute approximate surface area is 160 Å². The molecule has 0 fully saturated rings. The van der Waals surface area contributed by atoms with Crippen LogP contribution in [0.4, 0.5) is 11.4 Å². The molecule has 0 saturated heterocycles. The van der Waals surface area contributed by atoms with Crippen LogP contribution in [0.3, 0.4) is 0 Å². The van der Waals surface area contributed by atoms with Gasteiger partial charge < -0.3 is 10.2 Å². The molecule has 0 aliphatic rings. The number of anilines is 2. The van der Waals surface area contributed by atoms with Crippen molar-refractivity contribution in [2.24, 2.45) is 0 Å². The molecule has 0 aromatic heterocycles. The van der Waals surface area contributed by atoms with E-state index in [1.807, 2.05) is 0 Å². The van der Waals surface area contributed by atoms with Crippen molar-refractivity contribution in [3.05, 3.63) is 59.2 Å². The summed E-state index contributed by atoms with van der Waals surface area (Å²) in [6.45, 7) is 12.5. The first-order valence-electron chi connectivity index (χ1n) is 10.3. The minimum atomic E-state index is 1.18. The van der Waals surface area contributed by atoms with Gasteiger partial charge in [0.05, 0.1) is 0 Å². The first kappa shape index (κ1) is 20.5. The average molecular weight is 353 g/mol. The van der Waals surface area contributed by atoms with Crippen LogP contribution in [-0.2, 0) is 6.42 Å². The number of aryl methyl sites for hydroxylation is 3. The number of rotatable bonds is 11. The standard InChI is InChI=1S/C24H36N2/c1-5-26(6-2)18-12-8-7-9-14-22-16-17-24(21(4)19-22)25-23-15-11-10-13-20(23)3/h10-11,13,15-17,19,25H,5-9,12,14,18H2,1-4H3. The van der Waals surface area contributed by atoms with Crippen molar-refractivity contribution in [2.75, 3.05) is 25.0 Å². The molecule has 0 bridgehead atoms. The summed E-state index contributed by atoms with van der Waals surface area (Å²) in [5.41, 5.74) is 6.47. The molecule has 0 spiro atoms. The summed E-state index contributed by atoms with van der Waals surface area (Å²) in [6, 6.07) is 15.3. The molecule has 0 radical (unpaired) electrons. The van der Waals surface area contributed by atoms with Crippen molar-refractivity contribution < 1.29 is 0 Å². The lowest BCUT2D eigenvalue weighted by molar-refractivity contribution is 0.295. The molecule has 2 rings (SSSR count). The molecular weight excluding hydrogens is 316 g/mol. The second kappa shape index (κ2) is 11.0. The second-order valence-corrected chi connectivity index (χ2v) is 7.28. The quantitative estimate of drug-likeness (QED) is 0.465. The summed E-state index contributed by atoms with van der Waals surface area (Å²) < 4.78 is 0. The third-order valence-corrected chi connectivity index (χ3v) is 5.29. The lowest BCUT2D eigenvalue weighted by Gasteiger charge is -2.17. The van der Waals surface area contributed by atoms with Crippen LogP contribution in [0.25, 0.3) is 0 Å². The Kier molecular flexibility index (Phi) is 8.70. The van der Waals surface area contributed by atoms with Crippen LogP contribution in [0, 0.1) is 13.8 Å². The average Bonchev–Trinajstić information content (AvgIpc) is 2.65. The van der Waals surface area contributed by atoms with E-state index in [1.165, 1.54) is 79.8 Å². The van der Waals surface area contributed by atoms with E-state index in [0.29, 0.717) is 0 Å². The zero-order chi connectivity index (χ0) is 18.8. The number of hydrogen-bond acceptors (Lipinski definition) is 2. The van der Waals surface area contributed by atoms with Crippen molar-refractivity contribution in [3.8, 4) is 0 Å². The van der Waals surface area contributed by atoms with Crippen LogP contribution in [0.15, 0.2) is 42.5 Å². The Morgan fingerprint density at radius 1 is 0.769 bits per heavy atom. The number of hydrogen-bond donors (Lipinski definition) is 1. The van der Waals surface area contributed by atoms with Gasteiger partial charge in [0.15, 0.2) is 0 Å². The van der Waals surface area contributed by atoms with E-state index in [2.05, 4.69) is 80.4 Å². The molecule has 0 heterocycles. The molecule has 0 aliphatic heterocycles. The van der Waals surface area contributed by atoms with E-state index in [4.69, 9.17) is 0 Å². The van der Waals surface area contributed by atoms with Crippen molar-refractivity contribution in [1.29, 1.82) is 0 Å². The van der Waals surface area contributed by atoms with Crippen LogP contribution in [0.5, 0.6) is 0 Å². The molecule has 0 unspecified atom stereocenters. The van der Waals surface area contributed by atoms with Gasteiger partial charge in [-0.2, -0.15) is 0 Å². The summed E-state index contributed by atoms with van der Waals surface area (Å²) in [5.74, 6) is 0. The third kappa shape index (κ3) is 6.49. The van der Waals surface area contributed by atoms with Gasteiger partial charge >= 0.3 is 0 Å². The SMILES string of the molecule is CCN(CC)CCCCCCc1ccc(Nc2ccccc2C)c(C)c1. The zero-order valence-corrected chi connectivity index (χ0v) is 17.1. The topological polar surface area (TPSA) is 15.3 Å². The molecule has 0 atom stereocenters. The van der Waals surface area contributed by atoms with Crippen LogP contribution in [-0.4, -0.2) is 24.5 Å². The summed E-state index contributed by atoms with van der Waals surface area (Å²) in [7, 11) is 0. The molecule has 142 valence electrons. The summed E-state index contributed by atoms with van der Waals surface area (Å²) in [6.07, 6.45) is 6.50. The Morgan fingerprint density at radius 3 is 2.15 bits per heavy atom. The lowest BCUT2D eigenvalue weighted by atomic mass is 10.0. The third-order valence-electron chi connectivity index (χ3n) is 5.29. The smallest absolute Gasteiger partial charge is 0.0414 e. The minimum Gasteiger partial charge on any atom is -0.355 e. The lowest BCUT2D eigenvalue weighted by Crippen LogP contribution is -2.23. The van der Waals surface area contributed by atoms with Crippen molar-refractivity contribution in [2.45, 2.75) is 59.8 Å². The Balaban J connectivity index is 1.76. The highest BCUT2D eigenvalue weighted by Crippen LogP contribution is 2.24. The predicted molar refractivity (Wildman–Crippen MR) is 116 cm³/mol. The van der Waals surface area contributed by atoms with Crippen LogP contribution in [0.2, 0.25) is 0 Å². The molecule has 0 aliphatic carbocycles. The summed E-state index contributed by atoms with van der Waals surface area (Å²) in [5, 5.41) is 3.57. The van der Waals surface area contributed by atoms with Crippen molar-refractivity contribution >= 4 is 11.4 Å². The largest absolute Gasteiger partial charge is 0.355 e. The van der Waals surface area contributed by atoms with Gasteiger partial charge in [0.25, 0.3) is 0 Å². The fourth-order valence-electron chi connectivity index (χ4n) is 3.44. The van der Waals surface area contributed by atoms with Gasteiger partial charge in [-0.05, 0) is 81.6 Å². The van der Waals surface area contributed by atoms with Crippen molar-refractivity contribution in [3.63, 3.8) is 0 Å². The molecular formula is C24H36N2. The number of nitrogens with zero attached hydrogens (tertiary/aromatic N) is 1. The number of benzene rings is 2. The predicted octanol–water partition coefficient (Wildman–Crippen LogP) is 6.49. The molecule has 26 heavy (non-hydrogen) atoms. The fraction of sp³-hybridized carbons (Fsp3) is 0.500. The molecule has 2 heteroatoms. The monoisotopic (exact) mass is 352 g/mol. The second-order valence-electron chi connectivity index (χ2n) is 7.28. The van der Waals surface area contributed by atoms with Gasteiger partial charge in [0, 0.05) is 11.4 Å². The molecule has 2 aromatic rings. The zero-order valence-electron chi connectivity index (χ0n) is 17.1. The molecule has 0 saturated carbocycles. The van der Waals surface area contributed by atoms with E-state index in [0.717, 1.165) is 0 Å². The molecule has 0 amide bonds. The highest BCUT2D eigenvalue weighted by atomic mass is 15.1. The van der Waals surface area contributed by atoms with E-state index in [9.17, 15) is 0 Å². The van der Waals surface area contributed by atoms with Gasteiger partial charge in [-0.3, -0.25) is 0 Å². The maximum Gasteiger partial charge on any atom is 0.0414 e. The van der Waals surface area contributed by atoms with E-state index >= 15 is 0 Å². The van der Waals surface area contributed by atoms with Crippen molar-refractivity contribution in [1.82, 2.24) is 4.90 Å². The summed E-state index contributed by atoms with van der Waals surface area (Å²) >= 11 is 0. The Hall–Kier alpha value is -1.80. The van der Waals surface area contributed by atoms with E-state index in [1.54, 1.807) is 0 Å². The van der Waals surface area contributed by atoms with Crippen LogP contribution in [0.1, 0.15) is 56.2 Å². The first-order valence-corrected chi connectivity index (χ1v) is 10.3. The fourth-order valence-corrected chi connectivity index (χ4v) is 3.44. The van der Waals surface area contributed by atoms with Gasteiger partial charge in [-0.1, -0.05) is 57.0 Å². The van der Waals surface area contributed by atoms with E-state index < -0.39 is 0 Å². The van der Waals surface area contributed by atoms with E-state index in [-0.39, 0.29) is 0 Å². The molecule has 1 N–H and O–H groups in total. The van der Waals surface area contributed by atoms with Gasteiger partial charge in [-0.15, -0.1) is 0 Å². The van der Waals surface area contributed by atoms with Gasteiger partial charge in [0.1, 0.15) is 0 Å². The number of para-hydroxylation sites is 1. The Morgan fingerprint density at radius 2 is 1.46 bits per heavy atom. The first-order chi connectivity index (χ1) is 12.6. The van der Waals surface area contributed by atoms with Gasteiger partial charge in [0.2, 0.25) is 0 Å². The number of nitrogens with one attached hydrogen (secondary N) is 1. The molecule has 2 aromatic carbocycles. The minimum absolute atomic E-state index is 1.18. The summed E-state index contributed by atoms with van der Waals surface area (Å²) in [4.78, 5) is 2.52. The highest BCUT2D eigenvalue weighted by molar-refractivity contribution is 5.65.